The lowest BCUT2D eigenvalue weighted by molar-refractivity contribution is 0.0503. The molecule has 1 rings (SSSR count). The van der Waals surface area contributed by atoms with Crippen molar-refractivity contribution in [1.82, 2.24) is 5.12 Å². The Hall–Kier alpha value is -0.890. The maximum Gasteiger partial charge on any atom is 0.0540 e. The smallest absolute Gasteiger partial charge is 0.0540 e. The second kappa shape index (κ2) is 3.49. The molecule has 1 aromatic rings. The van der Waals surface area contributed by atoms with Crippen LogP contribution in [0.2, 0.25) is 0 Å². The van der Waals surface area contributed by atoms with Gasteiger partial charge in [-0.15, -0.1) is 9.60 Å². The van der Waals surface area contributed by atoms with E-state index in [1.165, 1.54) is 7.05 Å². The van der Waals surface area contributed by atoms with Crippen molar-refractivity contribution in [2.75, 3.05) is 7.05 Å². The van der Waals surface area contributed by atoms with E-state index in [-0.39, 0.29) is 0 Å². The number of benzene rings is 1. The van der Waals surface area contributed by atoms with Crippen LogP contribution in [0.1, 0.15) is 11.1 Å². The average molecular weight is 153 g/mol. The van der Waals surface area contributed by atoms with E-state index in [0.29, 0.717) is 11.7 Å². The molecular formula is C9H12FN. The van der Waals surface area contributed by atoms with Gasteiger partial charge in [0.15, 0.2) is 0 Å². The first kappa shape index (κ1) is 8.21. The van der Waals surface area contributed by atoms with E-state index in [1.807, 2.05) is 31.2 Å². The van der Waals surface area contributed by atoms with Crippen molar-refractivity contribution >= 4 is 0 Å². The van der Waals surface area contributed by atoms with Crippen molar-refractivity contribution < 1.29 is 4.48 Å². The summed E-state index contributed by atoms with van der Waals surface area (Å²) in [5, 5.41) is 0.683. The van der Waals surface area contributed by atoms with E-state index in [1.54, 1.807) is 0 Å². The average Bonchev–Trinajstić information content (AvgIpc) is 1.93. The molecule has 0 heterocycles. The summed E-state index contributed by atoms with van der Waals surface area (Å²) in [7, 11) is 1.42. The highest BCUT2D eigenvalue weighted by Gasteiger charge is 1.99. The minimum atomic E-state index is 0.368. The van der Waals surface area contributed by atoms with E-state index in [0.717, 1.165) is 11.1 Å². The number of hydrogen-bond acceptors (Lipinski definition) is 1. The number of nitrogens with zero attached hydrogens (tertiary/aromatic N) is 1. The van der Waals surface area contributed by atoms with Crippen LogP contribution in [0.5, 0.6) is 0 Å². The van der Waals surface area contributed by atoms with Gasteiger partial charge >= 0.3 is 0 Å². The van der Waals surface area contributed by atoms with Crippen molar-refractivity contribution in [3.8, 4) is 0 Å². The first-order valence-corrected chi connectivity index (χ1v) is 3.61. The van der Waals surface area contributed by atoms with Gasteiger partial charge < -0.3 is 0 Å². The maximum atomic E-state index is 12.4. The maximum absolute atomic E-state index is 12.4. The highest BCUT2D eigenvalue weighted by molar-refractivity contribution is 5.24. The Kier molecular flexibility index (Phi) is 2.60. The Morgan fingerprint density at radius 2 is 2.00 bits per heavy atom. The van der Waals surface area contributed by atoms with Crippen molar-refractivity contribution in [3.05, 3.63) is 35.4 Å². The molecule has 0 aliphatic heterocycles. The number of rotatable bonds is 2. The SMILES string of the molecule is Cc1ccccc1CN(C)F. The summed E-state index contributed by atoms with van der Waals surface area (Å²) >= 11 is 0. The molecule has 1 nitrogen and oxygen atoms in total. The van der Waals surface area contributed by atoms with Crippen molar-refractivity contribution in [2.45, 2.75) is 13.5 Å². The highest BCUT2D eigenvalue weighted by Crippen LogP contribution is 2.08. The minimum absolute atomic E-state index is 0.368. The molecule has 0 saturated carbocycles. The van der Waals surface area contributed by atoms with Gasteiger partial charge in [0.2, 0.25) is 0 Å². The zero-order valence-corrected chi connectivity index (χ0v) is 6.84. The topological polar surface area (TPSA) is 3.24 Å². The summed E-state index contributed by atoms with van der Waals surface area (Å²) < 4.78 is 12.4. The zero-order valence-electron chi connectivity index (χ0n) is 6.84. The van der Waals surface area contributed by atoms with E-state index in [4.69, 9.17) is 0 Å². The molecule has 0 atom stereocenters. The predicted molar refractivity (Wildman–Crippen MR) is 43.8 cm³/mol. The van der Waals surface area contributed by atoms with E-state index >= 15 is 0 Å². The molecule has 0 N–H and O–H groups in total. The summed E-state index contributed by atoms with van der Waals surface area (Å²) in [5.41, 5.74) is 2.18. The lowest BCUT2D eigenvalue weighted by Gasteiger charge is -2.07. The second-order valence-electron chi connectivity index (χ2n) is 2.69. The molecule has 0 spiro atoms. The highest BCUT2D eigenvalue weighted by atomic mass is 19.2. The molecule has 0 aliphatic rings. The number of aryl methyl sites for hydroxylation is 1. The second-order valence-corrected chi connectivity index (χ2v) is 2.69. The fraction of sp³-hybridized carbons (Fsp3) is 0.333. The largest absolute Gasteiger partial charge is 0.145 e. The van der Waals surface area contributed by atoms with Crippen LogP contribution in [0.15, 0.2) is 24.3 Å². The van der Waals surface area contributed by atoms with Gasteiger partial charge in [-0.3, -0.25) is 0 Å². The van der Waals surface area contributed by atoms with Crippen LogP contribution in [0.25, 0.3) is 0 Å². The normalized spacial score (nSPS) is 10.5. The van der Waals surface area contributed by atoms with Crippen molar-refractivity contribution in [3.63, 3.8) is 0 Å². The van der Waals surface area contributed by atoms with Crippen molar-refractivity contribution in [2.24, 2.45) is 0 Å². The third-order valence-corrected chi connectivity index (χ3v) is 1.65. The molecule has 0 bridgehead atoms. The third kappa shape index (κ3) is 2.31. The Balaban J connectivity index is 2.78. The van der Waals surface area contributed by atoms with Gasteiger partial charge in [-0.05, 0) is 18.1 Å². The first-order chi connectivity index (χ1) is 5.20. The Morgan fingerprint density at radius 1 is 1.36 bits per heavy atom. The Morgan fingerprint density at radius 3 is 2.55 bits per heavy atom. The minimum Gasteiger partial charge on any atom is -0.145 e. The van der Waals surface area contributed by atoms with Crippen LogP contribution in [-0.2, 0) is 6.54 Å². The lowest BCUT2D eigenvalue weighted by Crippen LogP contribution is -2.06. The molecule has 0 aliphatic carbocycles. The Bertz CT molecular complexity index is 233. The predicted octanol–water partition coefficient (Wildman–Crippen LogP) is 2.31. The fourth-order valence-electron chi connectivity index (χ4n) is 1.02. The monoisotopic (exact) mass is 153 g/mol. The molecule has 0 aromatic heterocycles. The molecule has 2 heteroatoms. The van der Waals surface area contributed by atoms with E-state index < -0.39 is 0 Å². The molecule has 11 heavy (non-hydrogen) atoms. The van der Waals surface area contributed by atoms with Gasteiger partial charge in [0.25, 0.3) is 0 Å². The summed E-state index contributed by atoms with van der Waals surface area (Å²) in [6, 6.07) is 7.80. The molecular weight excluding hydrogens is 141 g/mol. The quantitative estimate of drug-likeness (QED) is 0.589. The van der Waals surface area contributed by atoms with Gasteiger partial charge in [0, 0.05) is 7.05 Å². The van der Waals surface area contributed by atoms with Crippen LogP contribution in [0.3, 0.4) is 0 Å². The molecule has 1 aromatic carbocycles. The zero-order chi connectivity index (χ0) is 8.27. The molecule has 0 fully saturated rings. The van der Waals surface area contributed by atoms with Gasteiger partial charge in [-0.2, -0.15) is 0 Å². The fourth-order valence-corrected chi connectivity index (χ4v) is 1.02. The Labute approximate surface area is 66.4 Å². The van der Waals surface area contributed by atoms with Crippen LogP contribution < -0.4 is 0 Å². The molecule has 0 amide bonds. The summed E-state index contributed by atoms with van der Waals surface area (Å²) in [4.78, 5) is 0. The van der Waals surface area contributed by atoms with Gasteiger partial charge in [-0.1, -0.05) is 24.3 Å². The molecule has 0 radical (unpaired) electrons. The standard InChI is InChI=1S/C9H12FN/c1-8-5-3-4-6-9(8)7-11(2)10/h3-6H,7H2,1-2H3. The van der Waals surface area contributed by atoms with Crippen LogP contribution >= 0.6 is 0 Å². The van der Waals surface area contributed by atoms with Crippen LogP contribution in [-0.4, -0.2) is 12.2 Å². The van der Waals surface area contributed by atoms with E-state index in [9.17, 15) is 4.48 Å². The van der Waals surface area contributed by atoms with Gasteiger partial charge in [-0.25, -0.2) is 0 Å². The summed E-state index contributed by atoms with van der Waals surface area (Å²) in [6.07, 6.45) is 0. The van der Waals surface area contributed by atoms with E-state index in [2.05, 4.69) is 0 Å². The first-order valence-electron chi connectivity index (χ1n) is 3.61. The van der Waals surface area contributed by atoms with Crippen molar-refractivity contribution in [1.29, 1.82) is 0 Å². The lowest BCUT2D eigenvalue weighted by atomic mass is 10.1. The summed E-state index contributed by atoms with van der Waals surface area (Å²) in [5.74, 6) is 0. The molecule has 0 unspecified atom stereocenters. The van der Waals surface area contributed by atoms with Gasteiger partial charge in [0.05, 0.1) is 6.54 Å². The molecule has 60 valence electrons. The van der Waals surface area contributed by atoms with Crippen LogP contribution in [0.4, 0.5) is 4.48 Å². The summed E-state index contributed by atoms with van der Waals surface area (Å²) in [6.45, 7) is 2.35. The van der Waals surface area contributed by atoms with Gasteiger partial charge in [0.1, 0.15) is 0 Å². The molecule has 0 saturated heterocycles. The number of hydrogen-bond donors (Lipinski definition) is 0. The third-order valence-electron chi connectivity index (χ3n) is 1.65. The number of halogens is 1. The van der Waals surface area contributed by atoms with Crippen LogP contribution in [0, 0.1) is 6.92 Å².